The van der Waals surface area contributed by atoms with Gasteiger partial charge in [0.1, 0.15) is 0 Å². The Labute approximate surface area is 141 Å². The van der Waals surface area contributed by atoms with Gasteiger partial charge in [-0.15, -0.1) is 0 Å². The Kier molecular flexibility index (Phi) is 3.93. The van der Waals surface area contributed by atoms with Gasteiger partial charge < -0.3 is 14.9 Å². The smallest absolute Gasteiger partial charge is 0.312 e. The number of nitrogens with one attached hydrogen (secondary N) is 2. The Bertz CT molecular complexity index is 791. The van der Waals surface area contributed by atoms with Crippen LogP contribution in [-0.2, 0) is 16.0 Å². The predicted octanol–water partition coefficient (Wildman–Crippen LogP) is 1.69. The summed E-state index contributed by atoms with van der Waals surface area (Å²) in [7, 11) is 1.29. The van der Waals surface area contributed by atoms with Gasteiger partial charge in [-0.05, 0) is 24.6 Å². The number of H-pyrrole nitrogens is 2. The maximum absolute atomic E-state index is 12.4. The van der Waals surface area contributed by atoms with Crippen LogP contribution in [0.1, 0.15) is 29.7 Å². The lowest BCUT2D eigenvalue weighted by atomic mass is 9.66. The molecule has 23 heavy (non-hydrogen) atoms. The van der Waals surface area contributed by atoms with E-state index in [4.69, 9.17) is 4.74 Å². The van der Waals surface area contributed by atoms with Gasteiger partial charge in [0.25, 0.3) is 5.56 Å². The first-order valence-corrected chi connectivity index (χ1v) is 7.99. The third kappa shape index (κ3) is 2.64. The summed E-state index contributed by atoms with van der Waals surface area (Å²) in [6.45, 7) is 1.59. The van der Waals surface area contributed by atoms with Gasteiger partial charge in [0.15, 0.2) is 0 Å². The number of carbonyl (C=O) groups excluding carboxylic acids is 1. The summed E-state index contributed by atoms with van der Waals surface area (Å²) >= 11 is 3.37. The van der Waals surface area contributed by atoms with Gasteiger partial charge >= 0.3 is 5.97 Å². The monoisotopic (exact) mass is 380 g/mol. The molecule has 1 aromatic heterocycles. The zero-order chi connectivity index (χ0) is 16.8. The summed E-state index contributed by atoms with van der Waals surface area (Å²) in [4.78, 5) is 24.6. The van der Waals surface area contributed by atoms with Crippen LogP contribution in [0.25, 0.3) is 0 Å². The van der Waals surface area contributed by atoms with E-state index in [0.717, 1.165) is 10.0 Å². The first kappa shape index (κ1) is 16.0. The van der Waals surface area contributed by atoms with Gasteiger partial charge in [-0.2, -0.15) is 0 Å². The molecule has 1 heterocycles. The van der Waals surface area contributed by atoms with E-state index < -0.39 is 23.4 Å². The first-order chi connectivity index (χ1) is 10.8. The number of benzene rings is 1. The molecule has 0 bridgehead atoms. The highest BCUT2D eigenvalue weighted by Gasteiger charge is 2.50. The standard InChI is InChI=1S/C16H17BrN2O4/c1-16(22)7-10-12(14(20)19-18-10)11(13(16)15(21)23-2)8-3-5-9(17)6-4-8/h3-6,11,13,22H,7H2,1-2H3,(H2,18,19,20)/t11-,13-,16-/m1/s1. The normalized spacial score (nSPS) is 26.6. The van der Waals surface area contributed by atoms with Crippen LogP contribution in [0.3, 0.4) is 0 Å². The Morgan fingerprint density at radius 1 is 1.35 bits per heavy atom. The van der Waals surface area contributed by atoms with Crippen LogP contribution in [0.4, 0.5) is 0 Å². The van der Waals surface area contributed by atoms with Crippen molar-refractivity contribution in [3.8, 4) is 0 Å². The molecule has 2 aromatic rings. The largest absolute Gasteiger partial charge is 0.469 e. The predicted molar refractivity (Wildman–Crippen MR) is 87.2 cm³/mol. The molecule has 6 nitrogen and oxygen atoms in total. The molecule has 0 saturated heterocycles. The van der Waals surface area contributed by atoms with Crippen molar-refractivity contribution in [3.05, 3.63) is 55.9 Å². The second kappa shape index (κ2) is 5.65. The minimum atomic E-state index is -1.33. The van der Waals surface area contributed by atoms with Crippen molar-refractivity contribution in [1.82, 2.24) is 10.2 Å². The molecule has 1 aliphatic rings. The van der Waals surface area contributed by atoms with Gasteiger partial charge in [-0.25, -0.2) is 0 Å². The molecule has 7 heteroatoms. The molecule has 0 amide bonds. The van der Waals surface area contributed by atoms with E-state index in [2.05, 4.69) is 26.1 Å². The number of aromatic nitrogens is 2. The minimum absolute atomic E-state index is 0.174. The fourth-order valence-electron chi connectivity index (χ4n) is 3.41. The topological polar surface area (TPSA) is 95.2 Å². The van der Waals surface area contributed by atoms with E-state index in [0.29, 0.717) is 11.3 Å². The van der Waals surface area contributed by atoms with Crippen LogP contribution in [0.15, 0.2) is 33.5 Å². The second-order valence-electron chi connectivity index (χ2n) is 6.04. The summed E-state index contributed by atoms with van der Waals surface area (Å²) in [6, 6.07) is 7.35. The van der Waals surface area contributed by atoms with Crippen molar-refractivity contribution in [3.63, 3.8) is 0 Å². The molecule has 0 fully saturated rings. The van der Waals surface area contributed by atoms with Crippen molar-refractivity contribution in [2.75, 3.05) is 7.11 Å². The number of hydrogen-bond donors (Lipinski definition) is 3. The summed E-state index contributed by atoms with van der Waals surface area (Å²) in [6.07, 6.45) is 0.174. The lowest BCUT2D eigenvalue weighted by molar-refractivity contribution is -0.156. The molecule has 3 N–H and O–H groups in total. The fourth-order valence-corrected chi connectivity index (χ4v) is 3.68. The fraction of sp³-hybridized carbons (Fsp3) is 0.375. The lowest BCUT2D eigenvalue weighted by Crippen LogP contribution is -2.49. The molecule has 0 radical (unpaired) electrons. The van der Waals surface area contributed by atoms with Gasteiger partial charge in [-0.3, -0.25) is 14.7 Å². The number of esters is 1. The third-order valence-electron chi connectivity index (χ3n) is 4.43. The van der Waals surface area contributed by atoms with E-state index in [1.807, 2.05) is 24.3 Å². The summed E-state index contributed by atoms with van der Waals surface area (Å²) in [5.74, 6) is -1.98. The van der Waals surface area contributed by atoms with Crippen molar-refractivity contribution in [1.29, 1.82) is 0 Å². The zero-order valence-electron chi connectivity index (χ0n) is 12.7. The van der Waals surface area contributed by atoms with Crippen LogP contribution in [0, 0.1) is 5.92 Å². The SMILES string of the molecule is COC(=O)[C@H]1[C@H](c2ccc(Br)cc2)c2c([nH][nH]c2=O)C[C@@]1(C)O. The average molecular weight is 381 g/mol. The van der Waals surface area contributed by atoms with Crippen LogP contribution in [0.5, 0.6) is 0 Å². The van der Waals surface area contributed by atoms with Crippen LogP contribution < -0.4 is 5.56 Å². The molecule has 0 spiro atoms. The summed E-state index contributed by atoms with van der Waals surface area (Å²) in [5, 5.41) is 16.2. The maximum atomic E-state index is 12.4. The van der Waals surface area contributed by atoms with E-state index in [1.54, 1.807) is 6.92 Å². The number of carbonyl (C=O) groups is 1. The highest BCUT2D eigenvalue weighted by atomic mass is 79.9. The van der Waals surface area contributed by atoms with Gasteiger partial charge in [0, 0.05) is 28.1 Å². The lowest BCUT2D eigenvalue weighted by Gasteiger charge is -2.40. The Hall–Kier alpha value is -1.86. The number of halogens is 1. The molecule has 122 valence electrons. The number of ether oxygens (including phenoxy) is 1. The first-order valence-electron chi connectivity index (χ1n) is 7.20. The number of aromatic amines is 2. The quantitative estimate of drug-likeness (QED) is 0.690. The molecule has 3 atom stereocenters. The van der Waals surface area contributed by atoms with Crippen molar-refractivity contribution < 1.29 is 14.6 Å². The highest BCUT2D eigenvalue weighted by Crippen LogP contribution is 2.44. The highest BCUT2D eigenvalue weighted by molar-refractivity contribution is 9.10. The second-order valence-corrected chi connectivity index (χ2v) is 6.95. The van der Waals surface area contributed by atoms with E-state index in [9.17, 15) is 14.7 Å². The molecule has 1 aromatic carbocycles. The number of fused-ring (bicyclic) bond motifs is 1. The molecule has 0 aliphatic heterocycles. The van der Waals surface area contributed by atoms with Crippen LogP contribution >= 0.6 is 15.9 Å². The van der Waals surface area contributed by atoms with Crippen molar-refractivity contribution in [2.24, 2.45) is 5.92 Å². The maximum Gasteiger partial charge on any atom is 0.312 e. The summed E-state index contributed by atoms with van der Waals surface area (Å²) in [5.41, 5.74) is 0.262. The third-order valence-corrected chi connectivity index (χ3v) is 4.96. The van der Waals surface area contributed by atoms with Crippen molar-refractivity contribution >= 4 is 21.9 Å². The molecule has 3 rings (SSSR count). The molecular formula is C16H17BrN2O4. The van der Waals surface area contributed by atoms with Gasteiger partial charge in [-0.1, -0.05) is 28.1 Å². The Balaban J connectivity index is 2.24. The minimum Gasteiger partial charge on any atom is -0.469 e. The molecule has 0 unspecified atom stereocenters. The Morgan fingerprint density at radius 2 is 2.00 bits per heavy atom. The number of aliphatic hydroxyl groups is 1. The number of hydrogen-bond acceptors (Lipinski definition) is 4. The molecule has 0 saturated carbocycles. The zero-order valence-corrected chi connectivity index (χ0v) is 14.3. The summed E-state index contributed by atoms with van der Waals surface area (Å²) < 4.78 is 5.79. The van der Waals surface area contributed by atoms with Crippen LogP contribution in [0.2, 0.25) is 0 Å². The number of rotatable bonds is 2. The molecule has 1 aliphatic carbocycles. The molecular weight excluding hydrogens is 364 g/mol. The Morgan fingerprint density at radius 3 is 2.61 bits per heavy atom. The van der Waals surface area contributed by atoms with Gasteiger partial charge in [0.05, 0.1) is 18.6 Å². The van der Waals surface area contributed by atoms with E-state index >= 15 is 0 Å². The average Bonchev–Trinajstić information content (AvgIpc) is 2.85. The van der Waals surface area contributed by atoms with E-state index in [-0.39, 0.29) is 12.0 Å². The van der Waals surface area contributed by atoms with Crippen molar-refractivity contribution in [2.45, 2.75) is 24.9 Å². The van der Waals surface area contributed by atoms with Crippen LogP contribution in [-0.4, -0.2) is 34.0 Å². The number of methoxy groups -OCH3 is 1. The van der Waals surface area contributed by atoms with Gasteiger partial charge in [0.2, 0.25) is 0 Å². The van der Waals surface area contributed by atoms with E-state index in [1.165, 1.54) is 7.11 Å².